The molecule has 2 nitrogen and oxygen atoms in total. The Morgan fingerprint density at radius 1 is 1.24 bits per heavy atom. The molecule has 2 rings (SSSR count). The van der Waals surface area contributed by atoms with E-state index in [2.05, 4.69) is 13.8 Å². The zero-order valence-electron chi connectivity index (χ0n) is 10.0. The van der Waals surface area contributed by atoms with Gasteiger partial charge in [-0.2, -0.15) is 0 Å². The van der Waals surface area contributed by atoms with E-state index < -0.39 is 0 Å². The van der Waals surface area contributed by atoms with Crippen LogP contribution in [0.4, 0.5) is 0 Å². The Balaban J connectivity index is 2.34. The van der Waals surface area contributed by atoms with E-state index in [1.807, 2.05) is 6.07 Å². The van der Waals surface area contributed by atoms with E-state index in [1.54, 1.807) is 6.07 Å². The van der Waals surface area contributed by atoms with Gasteiger partial charge in [-0.1, -0.05) is 31.9 Å². The van der Waals surface area contributed by atoms with Crippen LogP contribution in [-0.2, 0) is 0 Å². The Morgan fingerprint density at radius 2 is 1.82 bits per heavy atom. The molecule has 0 fully saturated rings. The molecule has 0 N–H and O–H groups in total. The van der Waals surface area contributed by atoms with Crippen LogP contribution in [-0.4, -0.2) is 13.2 Å². The van der Waals surface area contributed by atoms with Crippen LogP contribution in [0.25, 0.3) is 0 Å². The van der Waals surface area contributed by atoms with E-state index >= 15 is 0 Å². The third-order valence-electron chi connectivity index (χ3n) is 3.10. The van der Waals surface area contributed by atoms with Gasteiger partial charge in [0.2, 0.25) is 0 Å². The number of ether oxygens (including phenoxy) is 2. The second-order valence-electron chi connectivity index (χ2n) is 4.30. The maximum Gasteiger partial charge on any atom is 0.162 e. The van der Waals surface area contributed by atoms with Crippen molar-refractivity contribution in [2.45, 2.75) is 25.6 Å². The predicted molar refractivity (Wildman–Crippen MR) is 70.5 cm³/mol. The maximum atomic E-state index is 6.42. The van der Waals surface area contributed by atoms with E-state index in [1.165, 1.54) is 0 Å². The molecular weight excluding hydrogens is 259 g/mol. The Labute approximate surface area is 112 Å². The summed E-state index contributed by atoms with van der Waals surface area (Å²) in [6.07, 6.45) is 1.01. The first-order valence-electron chi connectivity index (χ1n) is 5.86. The first-order valence-corrected chi connectivity index (χ1v) is 6.68. The average Bonchev–Trinajstić information content (AvgIpc) is 2.36. The average molecular weight is 275 g/mol. The van der Waals surface area contributed by atoms with Gasteiger partial charge in [0.25, 0.3) is 0 Å². The number of halogens is 2. The maximum absolute atomic E-state index is 6.42. The SMILES string of the molecule is CCC(C)C(Cl)c1cc2c(cc1Cl)OCCO2. The van der Waals surface area contributed by atoms with Gasteiger partial charge in [0.15, 0.2) is 11.5 Å². The van der Waals surface area contributed by atoms with Gasteiger partial charge >= 0.3 is 0 Å². The van der Waals surface area contributed by atoms with E-state index in [9.17, 15) is 0 Å². The number of hydrogen-bond acceptors (Lipinski definition) is 2. The van der Waals surface area contributed by atoms with E-state index in [4.69, 9.17) is 32.7 Å². The summed E-state index contributed by atoms with van der Waals surface area (Å²) in [4.78, 5) is 0. The highest BCUT2D eigenvalue weighted by molar-refractivity contribution is 6.33. The molecule has 0 saturated carbocycles. The highest BCUT2D eigenvalue weighted by atomic mass is 35.5. The molecule has 1 aliphatic heterocycles. The highest BCUT2D eigenvalue weighted by Gasteiger charge is 2.22. The van der Waals surface area contributed by atoms with Crippen molar-refractivity contribution in [3.63, 3.8) is 0 Å². The Hall–Kier alpha value is -0.600. The number of rotatable bonds is 3. The molecule has 0 bridgehead atoms. The number of alkyl halides is 1. The van der Waals surface area contributed by atoms with E-state index in [0.29, 0.717) is 29.9 Å². The summed E-state index contributed by atoms with van der Waals surface area (Å²) >= 11 is 12.7. The first-order chi connectivity index (χ1) is 8.13. The van der Waals surface area contributed by atoms with Crippen molar-refractivity contribution in [1.29, 1.82) is 0 Å². The second kappa shape index (κ2) is 5.36. The van der Waals surface area contributed by atoms with Gasteiger partial charge in [0.05, 0.1) is 5.38 Å². The molecule has 2 atom stereocenters. The van der Waals surface area contributed by atoms with Gasteiger partial charge < -0.3 is 9.47 Å². The number of benzene rings is 1. The Morgan fingerprint density at radius 3 is 2.41 bits per heavy atom. The molecule has 17 heavy (non-hydrogen) atoms. The van der Waals surface area contributed by atoms with Gasteiger partial charge in [0, 0.05) is 11.1 Å². The van der Waals surface area contributed by atoms with Gasteiger partial charge in [0.1, 0.15) is 13.2 Å². The fraction of sp³-hybridized carbons (Fsp3) is 0.538. The van der Waals surface area contributed by atoms with Crippen LogP contribution in [0.1, 0.15) is 31.2 Å². The number of fused-ring (bicyclic) bond motifs is 1. The minimum atomic E-state index is -0.0941. The lowest BCUT2D eigenvalue weighted by molar-refractivity contribution is 0.171. The summed E-state index contributed by atoms with van der Waals surface area (Å²) in [5.41, 5.74) is 0.923. The van der Waals surface area contributed by atoms with Gasteiger partial charge in [-0.25, -0.2) is 0 Å². The lowest BCUT2D eigenvalue weighted by Gasteiger charge is -2.23. The molecule has 1 heterocycles. The van der Waals surface area contributed by atoms with Crippen molar-refractivity contribution in [2.24, 2.45) is 5.92 Å². The molecule has 0 saturated heterocycles. The molecule has 4 heteroatoms. The molecule has 0 aliphatic carbocycles. The molecule has 1 aromatic rings. The zero-order valence-corrected chi connectivity index (χ0v) is 11.5. The van der Waals surface area contributed by atoms with E-state index in [0.717, 1.165) is 17.7 Å². The molecule has 0 aromatic heterocycles. The highest BCUT2D eigenvalue weighted by Crippen LogP contribution is 2.42. The van der Waals surface area contributed by atoms with Gasteiger partial charge in [-0.15, -0.1) is 11.6 Å². The van der Waals surface area contributed by atoms with Crippen molar-refractivity contribution < 1.29 is 9.47 Å². The minimum absolute atomic E-state index is 0.0941. The molecule has 0 radical (unpaired) electrons. The summed E-state index contributed by atoms with van der Waals surface area (Å²) in [6.45, 7) is 5.37. The third-order valence-corrected chi connectivity index (χ3v) is 4.09. The van der Waals surface area contributed by atoms with Crippen LogP contribution in [0.5, 0.6) is 11.5 Å². The van der Waals surface area contributed by atoms with Crippen LogP contribution in [0, 0.1) is 5.92 Å². The van der Waals surface area contributed by atoms with Crippen LogP contribution in [0.2, 0.25) is 5.02 Å². The second-order valence-corrected chi connectivity index (χ2v) is 5.18. The molecule has 0 spiro atoms. The molecule has 2 unspecified atom stereocenters. The Bertz CT molecular complexity index is 407. The number of hydrogen-bond donors (Lipinski definition) is 0. The van der Waals surface area contributed by atoms with Crippen LogP contribution in [0.3, 0.4) is 0 Å². The van der Waals surface area contributed by atoms with Crippen molar-refractivity contribution in [3.8, 4) is 11.5 Å². The van der Waals surface area contributed by atoms with Crippen molar-refractivity contribution in [3.05, 3.63) is 22.7 Å². The first kappa shape index (κ1) is 12.8. The molecule has 94 valence electrons. The summed E-state index contributed by atoms with van der Waals surface area (Å²) in [7, 11) is 0. The van der Waals surface area contributed by atoms with Crippen LogP contribution < -0.4 is 9.47 Å². The standard InChI is InChI=1S/C13H16Cl2O2/c1-3-8(2)13(15)9-6-11-12(7-10(9)14)17-5-4-16-11/h6-8,13H,3-5H2,1-2H3. The predicted octanol–water partition coefficient (Wildman–Crippen LogP) is 4.44. The fourth-order valence-corrected chi connectivity index (χ4v) is 2.49. The normalized spacial score (nSPS) is 17.6. The summed E-state index contributed by atoms with van der Waals surface area (Å²) in [5.74, 6) is 1.82. The van der Waals surface area contributed by atoms with Gasteiger partial charge in [-0.05, 0) is 17.5 Å². The van der Waals surface area contributed by atoms with E-state index in [-0.39, 0.29) is 5.38 Å². The minimum Gasteiger partial charge on any atom is -0.486 e. The lowest BCUT2D eigenvalue weighted by Crippen LogP contribution is -2.16. The van der Waals surface area contributed by atoms with Crippen molar-refractivity contribution in [1.82, 2.24) is 0 Å². The topological polar surface area (TPSA) is 18.5 Å². The zero-order chi connectivity index (χ0) is 12.4. The van der Waals surface area contributed by atoms with Crippen molar-refractivity contribution in [2.75, 3.05) is 13.2 Å². The summed E-state index contributed by atoms with van der Waals surface area (Å²) < 4.78 is 11.0. The largest absolute Gasteiger partial charge is 0.486 e. The third kappa shape index (κ3) is 2.63. The monoisotopic (exact) mass is 274 g/mol. The molecule has 0 amide bonds. The fourth-order valence-electron chi connectivity index (χ4n) is 1.80. The summed E-state index contributed by atoms with van der Waals surface area (Å²) in [6, 6.07) is 3.70. The quantitative estimate of drug-likeness (QED) is 0.759. The molecule has 1 aliphatic rings. The smallest absolute Gasteiger partial charge is 0.162 e. The van der Waals surface area contributed by atoms with Gasteiger partial charge in [-0.3, -0.25) is 0 Å². The molecular formula is C13H16Cl2O2. The lowest BCUT2D eigenvalue weighted by atomic mass is 9.97. The summed E-state index contributed by atoms with van der Waals surface area (Å²) in [5, 5.41) is 0.554. The Kier molecular flexibility index (Phi) is 4.05. The molecule has 1 aromatic carbocycles. The van der Waals surface area contributed by atoms with Crippen LogP contribution >= 0.6 is 23.2 Å². The van der Waals surface area contributed by atoms with Crippen molar-refractivity contribution >= 4 is 23.2 Å². The van der Waals surface area contributed by atoms with Crippen LogP contribution in [0.15, 0.2) is 12.1 Å².